The van der Waals surface area contributed by atoms with Crippen LogP contribution < -0.4 is 5.32 Å². The van der Waals surface area contributed by atoms with Gasteiger partial charge in [0.1, 0.15) is 5.01 Å². The van der Waals surface area contributed by atoms with Crippen LogP contribution in [0.25, 0.3) is 20.8 Å². The molecule has 0 unspecified atom stereocenters. The Morgan fingerprint density at radius 1 is 0.826 bits per heavy atom. The number of thiazole rings is 1. The largest absolute Gasteiger partial charge is 0.381 e. The zero-order valence-corrected chi connectivity index (χ0v) is 13.4. The first kappa shape index (κ1) is 14.0. The number of nitrogens with one attached hydrogen (secondary N) is 1. The fourth-order valence-corrected chi connectivity index (χ4v) is 3.52. The minimum absolute atomic E-state index is 0.824. The van der Waals surface area contributed by atoms with Crippen molar-refractivity contribution in [1.82, 2.24) is 4.98 Å². The lowest BCUT2D eigenvalue weighted by atomic mass is 10.2. The van der Waals surface area contributed by atoms with Gasteiger partial charge in [0.25, 0.3) is 0 Å². The normalized spacial score (nSPS) is 10.8. The SMILES string of the molecule is c1ccc(CNc2cccc(-c3nc4ccccc4s3)c2)cc1. The Kier molecular flexibility index (Phi) is 3.78. The molecule has 23 heavy (non-hydrogen) atoms. The average molecular weight is 316 g/mol. The van der Waals surface area contributed by atoms with Crippen LogP contribution in [0, 0.1) is 0 Å². The molecule has 3 aromatic carbocycles. The van der Waals surface area contributed by atoms with Gasteiger partial charge in [-0.3, -0.25) is 0 Å². The number of anilines is 1. The van der Waals surface area contributed by atoms with E-state index in [9.17, 15) is 0 Å². The summed E-state index contributed by atoms with van der Waals surface area (Å²) in [7, 11) is 0. The van der Waals surface area contributed by atoms with Gasteiger partial charge in [-0.05, 0) is 29.8 Å². The van der Waals surface area contributed by atoms with Gasteiger partial charge < -0.3 is 5.32 Å². The van der Waals surface area contributed by atoms with E-state index in [1.165, 1.54) is 10.3 Å². The second kappa shape index (κ2) is 6.23. The standard InChI is InChI=1S/C20H16N2S/c1-2-7-15(8-3-1)14-21-17-10-6-9-16(13-17)20-22-18-11-4-5-12-19(18)23-20/h1-13,21H,14H2. The van der Waals surface area contributed by atoms with Crippen molar-refractivity contribution in [2.24, 2.45) is 0 Å². The molecule has 0 aliphatic heterocycles. The molecule has 0 aliphatic rings. The summed E-state index contributed by atoms with van der Waals surface area (Å²) in [5, 5.41) is 4.55. The third-order valence-electron chi connectivity index (χ3n) is 3.74. The second-order valence-corrected chi connectivity index (χ2v) is 6.44. The van der Waals surface area contributed by atoms with E-state index in [-0.39, 0.29) is 0 Å². The highest BCUT2D eigenvalue weighted by atomic mass is 32.1. The van der Waals surface area contributed by atoms with Gasteiger partial charge in [-0.25, -0.2) is 4.98 Å². The molecule has 4 aromatic rings. The maximum Gasteiger partial charge on any atom is 0.124 e. The van der Waals surface area contributed by atoms with Crippen LogP contribution in [-0.2, 0) is 6.54 Å². The van der Waals surface area contributed by atoms with E-state index in [1.807, 2.05) is 12.1 Å². The van der Waals surface area contributed by atoms with E-state index in [1.54, 1.807) is 11.3 Å². The summed E-state index contributed by atoms with van der Waals surface area (Å²) < 4.78 is 1.23. The molecule has 0 bridgehead atoms. The van der Waals surface area contributed by atoms with Crippen LogP contribution in [0.3, 0.4) is 0 Å². The molecule has 0 atom stereocenters. The van der Waals surface area contributed by atoms with Gasteiger partial charge in [0, 0.05) is 17.8 Å². The third-order valence-corrected chi connectivity index (χ3v) is 4.83. The molecular formula is C20H16N2S. The zero-order chi connectivity index (χ0) is 15.5. The lowest BCUT2D eigenvalue weighted by molar-refractivity contribution is 1.15. The van der Waals surface area contributed by atoms with Crippen molar-refractivity contribution in [3.05, 3.63) is 84.4 Å². The smallest absolute Gasteiger partial charge is 0.124 e. The molecule has 0 amide bonds. The fourth-order valence-electron chi connectivity index (χ4n) is 2.56. The van der Waals surface area contributed by atoms with Crippen molar-refractivity contribution < 1.29 is 0 Å². The first-order chi connectivity index (χ1) is 11.4. The molecule has 0 aliphatic carbocycles. The predicted octanol–water partition coefficient (Wildman–Crippen LogP) is 5.58. The third kappa shape index (κ3) is 3.10. The molecule has 1 heterocycles. The van der Waals surface area contributed by atoms with Crippen LogP contribution in [0.5, 0.6) is 0 Å². The number of hydrogen-bond acceptors (Lipinski definition) is 3. The van der Waals surface area contributed by atoms with E-state index in [0.717, 1.165) is 28.3 Å². The van der Waals surface area contributed by atoms with Gasteiger partial charge in [-0.1, -0.05) is 54.6 Å². The van der Waals surface area contributed by atoms with Crippen molar-refractivity contribution in [2.45, 2.75) is 6.54 Å². The van der Waals surface area contributed by atoms with Gasteiger partial charge in [0.15, 0.2) is 0 Å². The molecule has 1 aromatic heterocycles. The Bertz CT molecular complexity index is 895. The van der Waals surface area contributed by atoms with Crippen molar-refractivity contribution in [3.8, 4) is 10.6 Å². The lowest BCUT2D eigenvalue weighted by Crippen LogP contribution is -1.98. The van der Waals surface area contributed by atoms with Crippen LogP contribution in [0.4, 0.5) is 5.69 Å². The first-order valence-corrected chi connectivity index (χ1v) is 8.44. The summed E-state index contributed by atoms with van der Waals surface area (Å²) in [5.74, 6) is 0. The van der Waals surface area contributed by atoms with Crippen LogP contribution in [0.2, 0.25) is 0 Å². The monoisotopic (exact) mass is 316 g/mol. The summed E-state index contributed by atoms with van der Waals surface area (Å²) in [4.78, 5) is 4.73. The van der Waals surface area contributed by atoms with Crippen LogP contribution in [0.15, 0.2) is 78.9 Å². The first-order valence-electron chi connectivity index (χ1n) is 7.62. The molecule has 0 radical (unpaired) electrons. The number of fused-ring (bicyclic) bond motifs is 1. The quantitative estimate of drug-likeness (QED) is 0.532. The molecular weight excluding hydrogens is 300 g/mol. The van der Waals surface area contributed by atoms with E-state index in [2.05, 4.69) is 72.0 Å². The van der Waals surface area contributed by atoms with E-state index < -0.39 is 0 Å². The van der Waals surface area contributed by atoms with E-state index in [4.69, 9.17) is 4.98 Å². The molecule has 1 N–H and O–H groups in total. The van der Waals surface area contributed by atoms with Crippen LogP contribution in [-0.4, -0.2) is 4.98 Å². The number of benzene rings is 3. The molecule has 3 heteroatoms. The number of hydrogen-bond donors (Lipinski definition) is 1. The van der Waals surface area contributed by atoms with E-state index in [0.29, 0.717) is 0 Å². The fraction of sp³-hybridized carbons (Fsp3) is 0.0500. The van der Waals surface area contributed by atoms with E-state index >= 15 is 0 Å². The Balaban J connectivity index is 1.58. The molecule has 0 fully saturated rings. The summed E-state index contributed by atoms with van der Waals surface area (Å²) in [6.45, 7) is 0.824. The number of para-hydroxylation sites is 1. The van der Waals surface area contributed by atoms with Gasteiger partial charge >= 0.3 is 0 Å². The van der Waals surface area contributed by atoms with Gasteiger partial charge in [-0.2, -0.15) is 0 Å². The maximum absolute atomic E-state index is 4.73. The molecule has 0 spiro atoms. The Morgan fingerprint density at radius 2 is 1.65 bits per heavy atom. The Morgan fingerprint density at radius 3 is 2.52 bits per heavy atom. The molecule has 112 valence electrons. The van der Waals surface area contributed by atoms with Crippen molar-refractivity contribution in [2.75, 3.05) is 5.32 Å². The lowest BCUT2D eigenvalue weighted by Gasteiger charge is -2.07. The number of aromatic nitrogens is 1. The Labute approximate surface area is 139 Å². The van der Waals surface area contributed by atoms with Crippen LogP contribution in [0.1, 0.15) is 5.56 Å². The molecule has 2 nitrogen and oxygen atoms in total. The summed E-state index contributed by atoms with van der Waals surface area (Å²) in [6, 6.07) is 27.2. The predicted molar refractivity (Wildman–Crippen MR) is 98.8 cm³/mol. The summed E-state index contributed by atoms with van der Waals surface area (Å²) in [5.41, 5.74) is 4.61. The Hall–Kier alpha value is -2.65. The van der Waals surface area contributed by atoms with Crippen molar-refractivity contribution in [3.63, 3.8) is 0 Å². The van der Waals surface area contributed by atoms with Crippen LogP contribution >= 0.6 is 11.3 Å². The number of rotatable bonds is 4. The second-order valence-electron chi connectivity index (χ2n) is 5.41. The molecule has 4 rings (SSSR count). The van der Waals surface area contributed by atoms with Gasteiger partial charge in [0.2, 0.25) is 0 Å². The highest BCUT2D eigenvalue weighted by molar-refractivity contribution is 7.21. The van der Waals surface area contributed by atoms with Gasteiger partial charge in [0.05, 0.1) is 10.2 Å². The highest BCUT2D eigenvalue weighted by Gasteiger charge is 2.06. The average Bonchev–Trinajstić information content (AvgIpc) is 3.05. The minimum Gasteiger partial charge on any atom is -0.381 e. The zero-order valence-electron chi connectivity index (χ0n) is 12.6. The topological polar surface area (TPSA) is 24.9 Å². The van der Waals surface area contributed by atoms with Crippen molar-refractivity contribution >= 4 is 27.2 Å². The molecule has 0 saturated carbocycles. The maximum atomic E-state index is 4.73. The highest BCUT2D eigenvalue weighted by Crippen LogP contribution is 2.31. The van der Waals surface area contributed by atoms with Gasteiger partial charge in [-0.15, -0.1) is 11.3 Å². The minimum atomic E-state index is 0.824. The molecule has 0 saturated heterocycles. The summed E-state index contributed by atoms with van der Waals surface area (Å²) in [6.07, 6.45) is 0. The number of nitrogens with zero attached hydrogens (tertiary/aromatic N) is 1. The van der Waals surface area contributed by atoms with Crippen molar-refractivity contribution in [1.29, 1.82) is 0 Å². The summed E-state index contributed by atoms with van der Waals surface area (Å²) >= 11 is 1.73.